The number of furan rings is 1. The van der Waals surface area contributed by atoms with Crippen molar-refractivity contribution in [2.24, 2.45) is 0 Å². The Bertz CT molecular complexity index is 2760. The first-order valence-electron chi connectivity index (χ1n) is 15.9. The third kappa shape index (κ3) is 4.00. The van der Waals surface area contributed by atoms with Crippen LogP contribution in [0.3, 0.4) is 0 Å². The molecule has 0 fully saturated rings. The summed E-state index contributed by atoms with van der Waals surface area (Å²) in [5.74, 6) is 0.701. The van der Waals surface area contributed by atoms with E-state index < -0.39 is 0 Å². The molecule has 2 heterocycles. The van der Waals surface area contributed by atoms with Gasteiger partial charge in [-0.1, -0.05) is 127 Å². The molecule has 3 heteroatoms. The van der Waals surface area contributed by atoms with Crippen molar-refractivity contribution in [2.75, 3.05) is 0 Å². The molecule has 0 aliphatic rings. The van der Waals surface area contributed by atoms with E-state index in [4.69, 9.17) is 14.4 Å². The van der Waals surface area contributed by atoms with Crippen LogP contribution in [0.4, 0.5) is 0 Å². The van der Waals surface area contributed by atoms with Gasteiger partial charge in [0.2, 0.25) is 0 Å². The van der Waals surface area contributed by atoms with Crippen LogP contribution >= 0.6 is 0 Å². The van der Waals surface area contributed by atoms with Gasteiger partial charge >= 0.3 is 0 Å². The minimum absolute atomic E-state index is 0.701. The van der Waals surface area contributed by atoms with Crippen LogP contribution in [0.2, 0.25) is 0 Å². The quantitative estimate of drug-likeness (QED) is 0.189. The summed E-state index contributed by atoms with van der Waals surface area (Å²) in [6, 6.07) is 55.4. The number of fused-ring (bicyclic) bond motifs is 4. The highest BCUT2D eigenvalue weighted by molar-refractivity contribution is 6.35. The topological polar surface area (TPSA) is 38.9 Å². The van der Waals surface area contributed by atoms with Crippen molar-refractivity contribution in [1.29, 1.82) is 0 Å². The summed E-state index contributed by atoms with van der Waals surface area (Å²) in [6.07, 6.45) is 0. The summed E-state index contributed by atoms with van der Waals surface area (Å²) in [4.78, 5) is 10.6. The molecular weight excluding hydrogens is 572 g/mol. The molecule has 3 nitrogen and oxygen atoms in total. The second kappa shape index (κ2) is 10.1. The van der Waals surface area contributed by atoms with Crippen LogP contribution in [0.1, 0.15) is 0 Å². The molecule has 0 saturated carbocycles. The summed E-state index contributed by atoms with van der Waals surface area (Å²) < 4.78 is 6.46. The van der Waals surface area contributed by atoms with Gasteiger partial charge in [-0.25, -0.2) is 9.97 Å². The van der Waals surface area contributed by atoms with Crippen LogP contribution in [0.5, 0.6) is 0 Å². The zero-order valence-corrected chi connectivity index (χ0v) is 25.3. The molecule has 10 aromatic rings. The Morgan fingerprint density at radius 3 is 1.81 bits per heavy atom. The Morgan fingerprint density at radius 1 is 0.362 bits per heavy atom. The van der Waals surface area contributed by atoms with Gasteiger partial charge in [0.25, 0.3) is 0 Å². The predicted molar refractivity (Wildman–Crippen MR) is 195 cm³/mol. The molecule has 0 atom stereocenters. The molecule has 0 amide bonds. The maximum absolute atomic E-state index is 6.46. The van der Waals surface area contributed by atoms with E-state index in [1.807, 2.05) is 12.1 Å². The summed E-state index contributed by atoms with van der Waals surface area (Å²) >= 11 is 0. The molecule has 0 unspecified atom stereocenters. The predicted octanol–water partition coefficient (Wildman–Crippen LogP) is 11.9. The Kier molecular flexibility index (Phi) is 5.57. The second-order valence-corrected chi connectivity index (χ2v) is 12.1. The third-order valence-electron chi connectivity index (χ3n) is 9.46. The smallest absolute Gasteiger partial charge is 0.161 e. The standard InChI is InChI=1S/C44H26N2O/c1-3-10-27(11-4-1)29-18-20-30(21-19-29)43-34-14-7-8-16-37(34)45-44(46-43)35-24-25-39-42-40(35)36-26-31(28-12-5-2-6-13-28)22-23-32(36)33-15-9-17-38(47-39)41(33)42/h1-26H. The van der Waals surface area contributed by atoms with E-state index in [2.05, 4.69) is 146 Å². The molecule has 0 spiro atoms. The van der Waals surface area contributed by atoms with Crippen LogP contribution < -0.4 is 0 Å². The van der Waals surface area contributed by atoms with Crippen molar-refractivity contribution in [3.8, 4) is 44.9 Å². The molecule has 218 valence electrons. The second-order valence-electron chi connectivity index (χ2n) is 12.1. The summed E-state index contributed by atoms with van der Waals surface area (Å²) in [5, 5.41) is 7.97. The zero-order chi connectivity index (χ0) is 30.9. The lowest BCUT2D eigenvalue weighted by Gasteiger charge is -2.15. The highest BCUT2D eigenvalue weighted by Gasteiger charge is 2.22. The number of nitrogens with zero attached hydrogens (tertiary/aromatic N) is 2. The van der Waals surface area contributed by atoms with Crippen molar-refractivity contribution in [3.05, 3.63) is 158 Å². The fourth-order valence-corrected chi connectivity index (χ4v) is 7.26. The van der Waals surface area contributed by atoms with Gasteiger partial charge in [0.1, 0.15) is 11.2 Å². The van der Waals surface area contributed by atoms with Crippen molar-refractivity contribution in [3.63, 3.8) is 0 Å². The average molecular weight is 599 g/mol. The average Bonchev–Trinajstić information content (AvgIpc) is 3.54. The van der Waals surface area contributed by atoms with Crippen LogP contribution in [0.25, 0.3) is 99.3 Å². The van der Waals surface area contributed by atoms with Crippen molar-refractivity contribution in [1.82, 2.24) is 9.97 Å². The minimum Gasteiger partial charge on any atom is -0.456 e. The normalized spacial score (nSPS) is 11.8. The van der Waals surface area contributed by atoms with E-state index in [9.17, 15) is 0 Å². The SMILES string of the molecule is c1ccc(-c2ccc(-c3nc(-c4ccc5oc6cccc7c8ccc(-c9ccccc9)cc8c4c5c67)nc4ccccc34)cc2)cc1. The highest BCUT2D eigenvalue weighted by atomic mass is 16.3. The third-order valence-corrected chi connectivity index (χ3v) is 9.46. The molecule has 0 saturated heterocycles. The van der Waals surface area contributed by atoms with Gasteiger partial charge in [-0.05, 0) is 68.7 Å². The fraction of sp³-hybridized carbons (Fsp3) is 0. The van der Waals surface area contributed by atoms with Gasteiger partial charge in [0.15, 0.2) is 5.82 Å². The largest absolute Gasteiger partial charge is 0.456 e. The van der Waals surface area contributed by atoms with Gasteiger partial charge in [0.05, 0.1) is 11.2 Å². The lowest BCUT2D eigenvalue weighted by molar-refractivity contribution is 0.669. The molecule has 0 radical (unpaired) electrons. The minimum atomic E-state index is 0.701. The maximum Gasteiger partial charge on any atom is 0.161 e. The van der Waals surface area contributed by atoms with E-state index in [-0.39, 0.29) is 0 Å². The van der Waals surface area contributed by atoms with Crippen molar-refractivity contribution < 1.29 is 4.42 Å². The molecule has 8 aromatic carbocycles. The monoisotopic (exact) mass is 598 g/mol. The number of aromatic nitrogens is 2. The molecule has 0 aliphatic carbocycles. The number of rotatable bonds is 4. The van der Waals surface area contributed by atoms with Gasteiger partial charge in [-0.3, -0.25) is 0 Å². The zero-order valence-electron chi connectivity index (χ0n) is 25.3. The summed E-state index contributed by atoms with van der Waals surface area (Å²) in [6.45, 7) is 0. The Morgan fingerprint density at radius 2 is 1.00 bits per heavy atom. The number of benzene rings is 8. The molecule has 0 bridgehead atoms. The van der Waals surface area contributed by atoms with E-state index in [0.717, 1.165) is 55.0 Å². The Labute approximate surface area is 270 Å². The molecule has 47 heavy (non-hydrogen) atoms. The van der Waals surface area contributed by atoms with Gasteiger partial charge < -0.3 is 4.42 Å². The van der Waals surface area contributed by atoms with Crippen LogP contribution in [0.15, 0.2) is 162 Å². The molecular formula is C44H26N2O. The Hall–Kier alpha value is -6.32. The van der Waals surface area contributed by atoms with Crippen LogP contribution in [-0.4, -0.2) is 9.97 Å². The first-order chi connectivity index (χ1) is 23.3. The van der Waals surface area contributed by atoms with Crippen molar-refractivity contribution in [2.45, 2.75) is 0 Å². The van der Waals surface area contributed by atoms with E-state index in [1.165, 1.54) is 38.4 Å². The summed E-state index contributed by atoms with van der Waals surface area (Å²) in [7, 11) is 0. The lowest BCUT2D eigenvalue weighted by Crippen LogP contribution is -1.96. The summed E-state index contributed by atoms with van der Waals surface area (Å²) in [5.41, 5.74) is 10.4. The number of hydrogen-bond acceptors (Lipinski definition) is 3. The number of para-hydroxylation sites is 1. The molecule has 10 rings (SSSR count). The van der Waals surface area contributed by atoms with E-state index in [1.54, 1.807) is 0 Å². The maximum atomic E-state index is 6.46. The first-order valence-corrected chi connectivity index (χ1v) is 15.9. The lowest BCUT2D eigenvalue weighted by atomic mass is 9.89. The van der Waals surface area contributed by atoms with Gasteiger partial charge in [-0.15, -0.1) is 0 Å². The van der Waals surface area contributed by atoms with Gasteiger partial charge in [0, 0.05) is 32.7 Å². The molecule has 0 N–H and O–H groups in total. The first kappa shape index (κ1) is 26.0. The van der Waals surface area contributed by atoms with Crippen LogP contribution in [0, 0.1) is 0 Å². The van der Waals surface area contributed by atoms with E-state index in [0.29, 0.717) is 5.82 Å². The van der Waals surface area contributed by atoms with E-state index >= 15 is 0 Å². The van der Waals surface area contributed by atoms with Crippen molar-refractivity contribution >= 4 is 54.4 Å². The fourth-order valence-electron chi connectivity index (χ4n) is 7.26. The highest BCUT2D eigenvalue weighted by Crippen LogP contribution is 2.46. The van der Waals surface area contributed by atoms with Crippen LogP contribution in [-0.2, 0) is 0 Å². The van der Waals surface area contributed by atoms with Gasteiger partial charge in [-0.2, -0.15) is 0 Å². The number of hydrogen-bond donors (Lipinski definition) is 0. The molecule has 0 aliphatic heterocycles. The Balaban J connectivity index is 1.27. The molecule has 2 aromatic heterocycles.